The van der Waals surface area contributed by atoms with Gasteiger partial charge >= 0.3 is 0 Å². The van der Waals surface area contributed by atoms with Gasteiger partial charge in [0.1, 0.15) is 6.07 Å². The van der Waals surface area contributed by atoms with Gasteiger partial charge in [-0.2, -0.15) is 5.26 Å². The molecule has 2 heterocycles. The third-order valence-electron chi connectivity index (χ3n) is 8.19. The smallest absolute Gasteiger partial charge is 0.211 e. The van der Waals surface area contributed by atoms with Crippen LogP contribution in [0.15, 0.2) is 133 Å². The van der Waals surface area contributed by atoms with Crippen LogP contribution in [0.1, 0.15) is 5.56 Å². The summed E-state index contributed by atoms with van der Waals surface area (Å²) in [4.78, 5) is 3.96. The minimum atomic E-state index is 0.559. The largest absolute Gasteiger partial charge is 0.318 e. The van der Waals surface area contributed by atoms with Crippen molar-refractivity contribution < 1.29 is 0 Å². The van der Waals surface area contributed by atoms with E-state index in [0.717, 1.165) is 66.1 Å². The molecule has 0 N–H and O–H groups in total. The van der Waals surface area contributed by atoms with E-state index in [0.29, 0.717) is 11.3 Å². The summed E-state index contributed by atoms with van der Waals surface area (Å²) in [6.45, 7) is 8.08. The van der Waals surface area contributed by atoms with Gasteiger partial charge in [-0.05, 0) is 47.5 Å². The molecule has 0 aliphatic rings. The quantitative estimate of drug-likeness (QED) is 0.208. The summed E-state index contributed by atoms with van der Waals surface area (Å²) < 4.78 is 4.37. The molecule has 8 aromatic rings. The van der Waals surface area contributed by atoms with Gasteiger partial charge in [0.25, 0.3) is 0 Å². The number of aromatic nitrogens is 2. The van der Waals surface area contributed by atoms with Crippen molar-refractivity contribution in [2.45, 2.75) is 0 Å². The van der Waals surface area contributed by atoms with Crippen LogP contribution in [0.2, 0.25) is 0 Å². The van der Waals surface area contributed by atoms with Crippen molar-refractivity contribution in [3.05, 3.63) is 150 Å². The Kier molecular flexibility index (Phi) is 5.22. The van der Waals surface area contributed by atoms with Gasteiger partial charge in [0.2, 0.25) is 5.69 Å². The Morgan fingerprint density at radius 1 is 0.548 bits per heavy atom. The monoisotopic (exact) mass is 534 g/mol. The SMILES string of the molecule is [C-]#[N+]c1cccc(-c2ccc(-n3c4ccccc4c4ccccc43)c(C#N)c2)c1-n1c2ccccc2c2ccccc21. The van der Waals surface area contributed by atoms with Gasteiger partial charge < -0.3 is 9.13 Å². The van der Waals surface area contributed by atoms with Crippen LogP contribution in [-0.2, 0) is 0 Å². The molecule has 0 saturated heterocycles. The first-order valence-electron chi connectivity index (χ1n) is 13.8. The minimum Gasteiger partial charge on any atom is -0.318 e. The zero-order chi connectivity index (χ0) is 28.2. The van der Waals surface area contributed by atoms with E-state index in [2.05, 4.69) is 74.6 Å². The molecular formula is C38H22N4. The third-order valence-corrected chi connectivity index (χ3v) is 8.19. The molecule has 0 atom stereocenters. The van der Waals surface area contributed by atoms with Crippen molar-refractivity contribution in [3.8, 4) is 28.6 Å². The van der Waals surface area contributed by atoms with E-state index in [1.807, 2.05) is 78.9 Å². The maximum atomic E-state index is 10.5. The van der Waals surface area contributed by atoms with Crippen LogP contribution in [0.4, 0.5) is 5.69 Å². The summed E-state index contributed by atoms with van der Waals surface area (Å²) in [6.07, 6.45) is 0. The van der Waals surface area contributed by atoms with Crippen molar-refractivity contribution in [2.24, 2.45) is 0 Å². The molecular weight excluding hydrogens is 512 g/mol. The topological polar surface area (TPSA) is 38.0 Å². The van der Waals surface area contributed by atoms with Gasteiger partial charge in [0.15, 0.2) is 0 Å². The molecule has 0 spiro atoms. The molecule has 4 nitrogen and oxygen atoms in total. The van der Waals surface area contributed by atoms with Crippen LogP contribution in [0, 0.1) is 17.9 Å². The number of hydrogen-bond donors (Lipinski definition) is 0. The van der Waals surface area contributed by atoms with Gasteiger partial charge in [-0.3, -0.25) is 0 Å². The average molecular weight is 535 g/mol. The van der Waals surface area contributed by atoms with Crippen molar-refractivity contribution in [2.75, 3.05) is 0 Å². The maximum absolute atomic E-state index is 10.5. The number of benzene rings is 6. The molecule has 42 heavy (non-hydrogen) atoms. The van der Waals surface area contributed by atoms with Gasteiger partial charge in [0, 0.05) is 21.5 Å². The third kappa shape index (κ3) is 3.33. The summed E-state index contributed by atoms with van der Waals surface area (Å²) >= 11 is 0. The summed E-state index contributed by atoms with van der Waals surface area (Å²) in [5.74, 6) is 0. The minimum absolute atomic E-state index is 0.559. The van der Waals surface area contributed by atoms with E-state index in [9.17, 15) is 5.26 Å². The lowest BCUT2D eigenvalue weighted by molar-refractivity contribution is 1.16. The highest BCUT2D eigenvalue weighted by atomic mass is 15.0. The van der Waals surface area contributed by atoms with Crippen molar-refractivity contribution in [3.63, 3.8) is 0 Å². The molecule has 2 aromatic heterocycles. The second kappa shape index (κ2) is 9.24. The van der Waals surface area contributed by atoms with E-state index in [1.54, 1.807) is 0 Å². The summed E-state index contributed by atoms with van der Waals surface area (Å²) in [7, 11) is 0. The Labute approximate surface area is 242 Å². The number of para-hydroxylation sites is 5. The standard InChI is InChI=1S/C38H22N4/c1-40-32-16-10-15-27(38(32)42-36-19-8-4-13-30(36)31-14-5-9-20-37(31)42)25-21-22-33(26(23-25)24-39)41-34-17-6-2-11-28(34)29-12-3-7-18-35(29)41/h2-23H. The molecule has 0 aliphatic carbocycles. The van der Waals surface area contributed by atoms with E-state index < -0.39 is 0 Å². The second-order valence-electron chi connectivity index (χ2n) is 10.4. The van der Waals surface area contributed by atoms with Crippen LogP contribution in [-0.4, -0.2) is 9.13 Å². The molecule has 0 unspecified atom stereocenters. The van der Waals surface area contributed by atoms with E-state index in [1.165, 1.54) is 0 Å². The number of hydrogen-bond acceptors (Lipinski definition) is 1. The number of nitriles is 1. The van der Waals surface area contributed by atoms with E-state index in [-0.39, 0.29) is 0 Å². The lowest BCUT2D eigenvalue weighted by Gasteiger charge is -2.17. The molecule has 4 heteroatoms. The van der Waals surface area contributed by atoms with Crippen LogP contribution in [0.3, 0.4) is 0 Å². The molecule has 0 radical (unpaired) electrons. The van der Waals surface area contributed by atoms with Crippen molar-refractivity contribution in [1.82, 2.24) is 9.13 Å². The highest BCUT2D eigenvalue weighted by Crippen LogP contribution is 2.42. The Bertz CT molecular complexity index is 2340. The zero-order valence-electron chi connectivity index (χ0n) is 22.5. The predicted octanol–water partition coefficient (Wildman–Crippen LogP) is 9.97. The highest BCUT2D eigenvalue weighted by Gasteiger charge is 2.20. The molecule has 0 amide bonds. The number of rotatable bonds is 3. The van der Waals surface area contributed by atoms with Crippen LogP contribution in [0.25, 0.3) is 71.0 Å². The fraction of sp³-hybridized carbons (Fsp3) is 0. The molecule has 194 valence electrons. The molecule has 0 aliphatic heterocycles. The van der Waals surface area contributed by atoms with E-state index >= 15 is 0 Å². The Hall–Kier alpha value is -6.10. The van der Waals surface area contributed by atoms with Gasteiger partial charge in [-0.1, -0.05) is 97.1 Å². The van der Waals surface area contributed by atoms with E-state index in [4.69, 9.17) is 6.57 Å². The van der Waals surface area contributed by atoms with Crippen molar-refractivity contribution >= 4 is 49.3 Å². The molecule has 0 bridgehead atoms. The fourth-order valence-corrected chi connectivity index (χ4v) is 6.42. The molecule has 6 aromatic carbocycles. The Morgan fingerprint density at radius 2 is 1.05 bits per heavy atom. The lowest BCUT2D eigenvalue weighted by Crippen LogP contribution is -2.00. The molecule has 0 saturated carbocycles. The highest BCUT2D eigenvalue weighted by molar-refractivity contribution is 6.11. The first-order chi connectivity index (χ1) is 20.8. The summed E-state index contributed by atoms with van der Waals surface area (Å²) in [6, 6.07) is 47.6. The van der Waals surface area contributed by atoms with Crippen LogP contribution < -0.4 is 0 Å². The fourth-order valence-electron chi connectivity index (χ4n) is 6.42. The Balaban J connectivity index is 1.41. The zero-order valence-corrected chi connectivity index (χ0v) is 22.5. The van der Waals surface area contributed by atoms with Crippen LogP contribution in [0.5, 0.6) is 0 Å². The second-order valence-corrected chi connectivity index (χ2v) is 10.4. The van der Waals surface area contributed by atoms with Gasteiger partial charge in [-0.15, -0.1) is 0 Å². The molecule has 8 rings (SSSR count). The summed E-state index contributed by atoms with van der Waals surface area (Å²) in [5, 5.41) is 15.0. The number of fused-ring (bicyclic) bond motifs is 6. The van der Waals surface area contributed by atoms with Gasteiger partial charge in [-0.25, -0.2) is 4.85 Å². The number of nitrogens with zero attached hydrogens (tertiary/aromatic N) is 4. The van der Waals surface area contributed by atoms with Crippen LogP contribution >= 0.6 is 0 Å². The average Bonchev–Trinajstić information content (AvgIpc) is 3.57. The first kappa shape index (κ1) is 23.8. The predicted molar refractivity (Wildman–Crippen MR) is 172 cm³/mol. The lowest BCUT2D eigenvalue weighted by atomic mass is 9.99. The maximum Gasteiger partial charge on any atom is 0.211 e. The van der Waals surface area contributed by atoms with Gasteiger partial charge in [0.05, 0.1) is 45.6 Å². The first-order valence-corrected chi connectivity index (χ1v) is 13.8. The summed E-state index contributed by atoms with van der Waals surface area (Å²) in [5.41, 5.74) is 8.77. The Morgan fingerprint density at radius 3 is 1.55 bits per heavy atom. The molecule has 0 fully saturated rings. The van der Waals surface area contributed by atoms with Crippen molar-refractivity contribution in [1.29, 1.82) is 5.26 Å². The normalized spacial score (nSPS) is 11.3.